The van der Waals surface area contributed by atoms with Crippen LogP contribution < -0.4 is 5.73 Å². The van der Waals surface area contributed by atoms with E-state index in [9.17, 15) is 0 Å². The van der Waals surface area contributed by atoms with Crippen LogP contribution >= 0.6 is 15.9 Å². The first kappa shape index (κ1) is 15.0. The molecule has 0 bridgehead atoms. The minimum absolute atomic E-state index is 0.108. The Hall–Kier alpha value is -1.43. The minimum Gasteiger partial charge on any atom is -0.398 e. The van der Waals surface area contributed by atoms with Crippen LogP contribution in [0.15, 0.2) is 22.7 Å². The standard InChI is InChI=1S/C14H20BrN5/c1-9(2)14(3,4)8-20-13(17-18-19-20)10-6-5-7-11(16)12(10)15/h5-7,9H,8,16H2,1-4H3. The second kappa shape index (κ2) is 5.52. The smallest absolute Gasteiger partial charge is 0.183 e. The molecule has 0 amide bonds. The van der Waals surface area contributed by atoms with Crippen LogP contribution in [-0.2, 0) is 6.54 Å². The number of nitrogens with two attached hydrogens (primary N) is 1. The third-order valence-corrected chi connectivity index (χ3v) is 4.81. The summed E-state index contributed by atoms with van der Waals surface area (Å²) in [6.45, 7) is 9.62. The van der Waals surface area contributed by atoms with Gasteiger partial charge in [-0.1, -0.05) is 33.8 Å². The fraction of sp³-hybridized carbons (Fsp3) is 0.500. The van der Waals surface area contributed by atoms with Crippen molar-refractivity contribution in [1.29, 1.82) is 0 Å². The first-order chi connectivity index (χ1) is 9.33. The lowest BCUT2D eigenvalue weighted by molar-refractivity contribution is 0.200. The second-order valence-corrected chi connectivity index (χ2v) is 6.81. The number of nitrogen functional groups attached to an aromatic ring is 1. The summed E-state index contributed by atoms with van der Waals surface area (Å²) in [7, 11) is 0. The monoisotopic (exact) mass is 337 g/mol. The molecule has 0 saturated heterocycles. The highest BCUT2D eigenvalue weighted by Gasteiger charge is 2.25. The minimum atomic E-state index is 0.108. The molecule has 0 unspecified atom stereocenters. The summed E-state index contributed by atoms with van der Waals surface area (Å²) in [6, 6.07) is 5.72. The highest BCUT2D eigenvalue weighted by atomic mass is 79.9. The Labute approximate surface area is 127 Å². The van der Waals surface area contributed by atoms with E-state index >= 15 is 0 Å². The predicted octanol–water partition coefficient (Wildman–Crippen LogP) is 3.37. The maximum absolute atomic E-state index is 5.93. The second-order valence-electron chi connectivity index (χ2n) is 6.01. The van der Waals surface area contributed by atoms with Gasteiger partial charge in [-0.2, -0.15) is 0 Å². The molecule has 2 aromatic rings. The van der Waals surface area contributed by atoms with E-state index in [0.717, 1.165) is 22.4 Å². The van der Waals surface area contributed by atoms with Gasteiger partial charge in [-0.05, 0) is 49.8 Å². The van der Waals surface area contributed by atoms with Crippen LogP contribution in [0.2, 0.25) is 0 Å². The zero-order valence-electron chi connectivity index (χ0n) is 12.3. The van der Waals surface area contributed by atoms with Gasteiger partial charge in [-0.15, -0.1) is 5.10 Å². The SMILES string of the molecule is CC(C)C(C)(C)Cn1nnnc1-c1cccc(N)c1Br. The molecule has 0 spiro atoms. The normalized spacial score (nSPS) is 12.1. The summed E-state index contributed by atoms with van der Waals surface area (Å²) < 4.78 is 2.68. The van der Waals surface area contributed by atoms with Gasteiger partial charge in [0.25, 0.3) is 0 Å². The van der Waals surface area contributed by atoms with Crippen molar-refractivity contribution in [2.24, 2.45) is 11.3 Å². The van der Waals surface area contributed by atoms with Gasteiger partial charge in [0.15, 0.2) is 5.82 Å². The quantitative estimate of drug-likeness (QED) is 0.868. The Morgan fingerprint density at radius 1 is 1.35 bits per heavy atom. The molecule has 0 saturated carbocycles. The number of tetrazole rings is 1. The van der Waals surface area contributed by atoms with Crippen molar-refractivity contribution in [3.8, 4) is 11.4 Å². The van der Waals surface area contributed by atoms with Gasteiger partial charge in [-0.3, -0.25) is 0 Å². The van der Waals surface area contributed by atoms with Crippen LogP contribution in [-0.4, -0.2) is 20.2 Å². The Balaban J connectivity index is 2.41. The summed E-state index contributed by atoms with van der Waals surface area (Å²) in [6.07, 6.45) is 0. The molecule has 5 nitrogen and oxygen atoms in total. The highest BCUT2D eigenvalue weighted by Crippen LogP contribution is 2.33. The number of benzene rings is 1. The molecule has 0 aliphatic rings. The van der Waals surface area contributed by atoms with Gasteiger partial charge in [-0.25, -0.2) is 4.68 Å². The molecule has 0 aliphatic carbocycles. The van der Waals surface area contributed by atoms with Crippen molar-refractivity contribution < 1.29 is 0 Å². The third kappa shape index (κ3) is 2.85. The van der Waals surface area contributed by atoms with Crippen molar-refractivity contribution in [3.63, 3.8) is 0 Å². The molecular formula is C14H20BrN5. The van der Waals surface area contributed by atoms with Crippen molar-refractivity contribution in [3.05, 3.63) is 22.7 Å². The van der Waals surface area contributed by atoms with Crippen molar-refractivity contribution in [1.82, 2.24) is 20.2 Å². The van der Waals surface area contributed by atoms with Crippen molar-refractivity contribution in [2.45, 2.75) is 34.2 Å². The first-order valence-corrected chi connectivity index (χ1v) is 7.43. The molecular weight excluding hydrogens is 318 g/mol. The highest BCUT2D eigenvalue weighted by molar-refractivity contribution is 9.10. The molecule has 0 aliphatic heterocycles. The van der Waals surface area contributed by atoms with Gasteiger partial charge in [0.2, 0.25) is 0 Å². The van der Waals surface area contributed by atoms with Crippen LogP contribution in [0.4, 0.5) is 5.69 Å². The average Bonchev–Trinajstić information content (AvgIpc) is 2.80. The van der Waals surface area contributed by atoms with Crippen LogP contribution in [0, 0.1) is 11.3 Å². The van der Waals surface area contributed by atoms with E-state index < -0.39 is 0 Å². The fourth-order valence-electron chi connectivity index (χ4n) is 1.80. The topological polar surface area (TPSA) is 69.6 Å². The molecule has 1 heterocycles. The van der Waals surface area contributed by atoms with E-state index in [1.807, 2.05) is 22.9 Å². The number of anilines is 1. The number of hydrogen-bond acceptors (Lipinski definition) is 4. The zero-order chi connectivity index (χ0) is 14.9. The van der Waals surface area contributed by atoms with Crippen LogP contribution in [0.5, 0.6) is 0 Å². The molecule has 0 fully saturated rings. The summed E-state index contributed by atoms with van der Waals surface area (Å²) in [5.41, 5.74) is 7.63. The number of halogens is 1. The maximum atomic E-state index is 5.93. The average molecular weight is 338 g/mol. The lowest BCUT2D eigenvalue weighted by atomic mass is 9.81. The summed E-state index contributed by atoms with van der Waals surface area (Å²) in [5, 5.41) is 12.1. The van der Waals surface area contributed by atoms with Gasteiger partial charge < -0.3 is 5.73 Å². The molecule has 2 rings (SSSR count). The van der Waals surface area contributed by atoms with Crippen LogP contribution in [0.3, 0.4) is 0 Å². The fourth-order valence-corrected chi connectivity index (χ4v) is 2.24. The van der Waals surface area contributed by atoms with Gasteiger partial charge >= 0.3 is 0 Å². The van der Waals surface area contributed by atoms with Crippen molar-refractivity contribution >= 4 is 21.6 Å². The van der Waals surface area contributed by atoms with Gasteiger partial charge in [0.1, 0.15) is 0 Å². The van der Waals surface area contributed by atoms with E-state index in [1.54, 1.807) is 0 Å². The lowest BCUT2D eigenvalue weighted by Crippen LogP contribution is -2.26. The van der Waals surface area contributed by atoms with E-state index in [0.29, 0.717) is 11.6 Å². The molecule has 6 heteroatoms. The molecule has 2 N–H and O–H groups in total. The molecule has 1 aromatic heterocycles. The Morgan fingerprint density at radius 2 is 2.05 bits per heavy atom. The van der Waals surface area contributed by atoms with Gasteiger partial charge in [0, 0.05) is 11.3 Å². The molecule has 108 valence electrons. The summed E-state index contributed by atoms with van der Waals surface area (Å²) >= 11 is 3.51. The maximum Gasteiger partial charge on any atom is 0.183 e. The Morgan fingerprint density at radius 3 is 2.70 bits per heavy atom. The van der Waals surface area contributed by atoms with Crippen molar-refractivity contribution in [2.75, 3.05) is 5.73 Å². The first-order valence-electron chi connectivity index (χ1n) is 6.63. The summed E-state index contributed by atoms with van der Waals surface area (Å²) in [5.74, 6) is 1.27. The van der Waals surface area contributed by atoms with Crippen LogP contribution in [0.25, 0.3) is 11.4 Å². The number of rotatable bonds is 4. The third-order valence-electron chi connectivity index (χ3n) is 3.92. The van der Waals surface area contributed by atoms with E-state index in [2.05, 4.69) is 59.2 Å². The van der Waals surface area contributed by atoms with E-state index in [1.165, 1.54) is 0 Å². The largest absolute Gasteiger partial charge is 0.398 e. The zero-order valence-corrected chi connectivity index (χ0v) is 13.8. The van der Waals surface area contributed by atoms with Crippen LogP contribution in [0.1, 0.15) is 27.7 Å². The molecule has 1 aromatic carbocycles. The molecule has 20 heavy (non-hydrogen) atoms. The van der Waals surface area contributed by atoms with Gasteiger partial charge in [0.05, 0.1) is 11.0 Å². The Kier molecular flexibility index (Phi) is 4.13. The lowest BCUT2D eigenvalue weighted by Gasteiger charge is -2.29. The molecule has 0 radical (unpaired) electrons. The van der Waals surface area contributed by atoms with E-state index in [4.69, 9.17) is 5.73 Å². The Bertz CT molecular complexity index is 603. The molecule has 0 atom stereocenters. The number of aromatic nitrogens is 4. The summed E-state index contributed by atoms with van der Waals surface area (Å²) in [4.78, 5) is 0. The predicted molar refractivity (Wildman–Crippen MR) is 84.0 cm³/mol. The van der Waals surface area contributed by atoms with E-state index in [-0.39, 0.29) is 5.41 Å². The number of nitrogens with zero attached hydrogens (tertiary/aromatic N) is 4. The number of hydrogen-bond donors (Lipinski definition) is 1.